The molecule has 0 spiro atoms. The fourth-order valence-electron chi connectivity index (χ4n) is 2.87. The summed E-state index contributed by atoms with van der Waals surface area (Å²) >= 11 is 0. The van der Waals surface area contributed by atoms with E-state index in [0.717, 1.165) is 65.7 Å². The molecule has 1 aromatic carbocycles. The summed E-state index contributed by atoms with van der Waals surface area (Å²) in [5.74, 6) is 0. The van der Waals surface area contributed by atoms with Gasteiger partial charge in [-0.1, -0.05) is 24.3 Å². The van der Waals surface area contributed by atoms with Gasteiger partial charge in [0.05, 0.1) is 26.4 Å². The van der Waals surface area contributed by atoms with Crippen molar-refractivity contribution in [2.24, 2.45) is 0 Å². The molecule has 0 radical (unpaired) electrons. The maximum absolute atomic E-state index is 5.43. The average molecular weight is 276 g/mol. The van der Waals surface area contributed by atoms with Crippen LogP contribution in [0.3, 0.4) is 0 Å². The summed E-state index contributed by atoms with van der Waals surface area (Å²) in [7, 11) is 0. The minimum absolute atomic E-state index is 0.867. The van der Waals surface area contributed by atoms with Crippen LogP contribution in [-0.2, 0) is 22.6 Å². The molecule has 2 aliphatic rings. The molecule has 4 heteroatoms. The highest BCUT2D eigenvalue weighted by atomic mass is 16.5. The van der Waals surface area contributed by atoms with E-state index < -0.39 is 0 Å². The number of nitrogens with zero attached hydrogens (tertiary/aromatic N) is 2. The molecule has 2 heterocycles. The molecule has 0 aromatic heterocycles. The van der Waals surface area contributed by atoms with E-state index in [1.54, 1.807) is 0 Å². The Labute approximate surface area is 121 Å². The smallest absolute Gasteiger partial charge is 0.0594 e. The SMILES string of the molecule is c1ccc(CN2CCOCC2)c(CN2CCOCC2)c1. The van der Waals surface area contributed by atoms with Crippen molar-refractivity contribution in [3.8, 4) is 0 Å². The van der Waals surface area contributed by atoms with E-state index in [0.29, 0.717) is 0 Å². The Hall–Kier alpha value is -0.940. The Morgan fingerprint density at radius 1 is 0.700 bits per heavy atom. The first-order valence-corrected chi connectivity index (χ1v) is 7.59. The zero-order valence-electron chi connectivity index (χ0n) is 12.1. The molecule has 20 heavy (non-hydrogen) atoms. The first-order chi connectivity index (χ1) is 9.92. The van der Waals surface area contributed by atoms with Crippen LogP contribution in [0, 0.1) is 0 Å². The van der Waals surface area contributed by atoms with Crippen LogP contribution in [0.5, 0.6) is 0 Å². The molecule has 0 unspecified atom stereocenters. The van der Waals surface area contributed by atoms with Crippen molar-refractivity contribution in [1.82, 2.24) is 9.80 Å². The van der Waals surface area contributed by atoms with Gasteiger partial charge >= 0.3 is 0 Å². The van der Waals surface area contributed by atoms with Gasteiger partial charge in [0.2, 0.25) is 0 Å². The summed E-state index contributed by atoms with van der Waals surface area (Å²) in [4.78, 5) is 4.98. The van der Waals surface area contributed by atoms with Crippen LogP contribution in [0.1, 0.15) is 11.1 Å². The van der Waals surface area contributed by atoms with Crippen LogP contribution in [-0.4, -0.2) is 62.4 Å². The number of rotatable bonds is 4. The zero-order chi connectivity index (χ0) is 13.6. The third kappa shape index (κ3) is 3.79. The highest BCUT2D eigenvalue weighted by molar-refractivity contribution is 5.27. The van der Waals surface area contributed by atoms with Crippen molar-refractivity contribution in [3.63, 3.8) is 0 Å². The second-order valence-corrected chi connectivity index (χ2v) is 5.55. The zero-order valence-corrected chi connectivity index (χ0v) is 12.1. The molecular formula is C16H24N2O2. The summed E-state index contributed by atoms with van der Waals surface area (Å²) < 4.78 is 10.9. The molecule has 0 saturated carbocycles. The minimum Gasteiger partial charge on any atom is -0.379 e. The fourth-order valence-corrected chi connectivity index (χ4v) is 2.87. The first-order valence-electron chi connectivity index (χ1n) is 7.59. The summed E-state index contributed by atoms with van der Waals surface area (Å²) in [5, 5.41) is 0. The molecule has 2 fully saturated rings. The van der Waals surface area contributed by atoms with E-state index in [2.05, 4.69) is 34.1 Å². The number of benzene rings is 1. The molecule has 0 atom stereocenters. The molecule has 2 aliphatic heterocycles. The quantitative estimate of drug-likeness (QED) is 0.829. The van der Waals surface area contributed by atoms with Crippen LogP contribution in [0.4, 0.5) is 0 Å². The third-order valence-corrected chi connectivity index (χ3v) is 4.11. The van der Waals surface area contributed by atoms with E-state index in [4.69, 9.17) is 9.47 Å². The molecule has 110 valence electrons. The number of ether oxygens (including phenoxy) is 2. The standard InChI is InChI=1S/C16H24N2O2/c1-2-4-16(14-18-7-11-20-12-8-18)15(3-1)13-17-5-9-19-10-6-17/h1-4H,5-14H2. The van der Waals surface area contributed by atoms with E-state index in [-0.39, 0.29) is 0 Å². The summed E-state index contributed by atoms with van der Waals surface area (Å²) in [5.41, 5.74) is 2.92. The lowest BCUT2D eigenvalue weighted by atomic mass is 10.1. The number of hydrogen-bond acceptors (Lipinski definition) is 4. The van der Waals surface area contributed by atoms with Crippen molar-refractivity contribution in [3.05, 3.63) is 35.4 Å². The highest BCUT2D eigenvalue weighted by Gasteiger charge is 2.15. The Kier molecular flexibility index (Phi) is 5.03. The van der Waals surface area contributed by atoms with Crippen molar-refractivity contribution in [1.29, 1.82) is 0 Å². The van der Waals surface area contributed by atoms with Crippen molar-refractivity contribution in [2.45, 2.75) is 13.1 Å². The van der Waals surface area contributed by atoms with Gasteiger partial charge < -0.3 is 9.47 Å². The van der Waals surface area contributed by atoms with Crippen LogP contribution < -0.4 is 0 Å². The van der Waals surface area contributed by atoms with Crippen LogP contribution in [0.15, 0.2) is 24.3 Å². The van der Waals surface area contributed by atoms with Gasteiger partial charge in [-0.25, -0.2) is 0 Å². The molecule has 1 aromatic rings. The summed E-state index contributed by atoms with van der Waals surface area (Å²) in [6.45, 7) is 9.75. The van der Waals surface area contributed by atoms with E-state index in [1.165, 1.54) is 11.1 Å². The van der Waals surface area contributed by atoms with Gasteiger partial charge in [-0.15, -0.1) is 0 Å². The van der Waals surface area contributed by atoms with Crippen LogP contribution in [0.25, 0.3) is 0 Å². The normalized spacial score (nSPS) is 22.0. The Morgan fingerprint density at radius 3 is 1.50 bits per heavy atom. The lowest BCUT2D eigenvalue weighted by Crippen LogP contribution is -2.37. The van der Waals surface area contributed by atoms with Crippen molar-refractivity contribution >= 4 is 0 Å². The van der Waals surface area contributed by atoms with Crippen LogP contribution >= 0.6 is 0 Å². The van der Waals surface area contributed by atoms with Crippen molar-refractivity contribution in [2.75, 3.05) is 52.6 Å². The maximum Gasteiger partial charge on any atom is 0.0594 e. The van der Waals surface area contributed by atoms with Gasteiger partial charge in [0.15, 0.2) is 0 Å². The Bertz CT molecular complexity index is 374. The molecule has 2 saturated heterocycles. The lowest BCUT2D eigenvalue weighted by molar-refractivity contribution is 0.0309. The second-order valence-electron chi connectivity index (χ2n) is 5.55. The van der Waals surface area contributed by atoms with Gasteiger partial charge in [-0.05, 0) is 11.1 Å². The van der Waals surface area contributed by atoms with Gasteiger partial charge in [0, 0.05) is 39.3 Å². The molecule has 3 rings (SSSR count). The molecular weight excluding hydrogens is 252 g/mol. The molecule has 0 N–H and O–H groups in total. The molecule has 0 amide bonds. The fraction of sp³-hybridized carbons (Fsp3) is 0.625. The lowest BCUT2D eigenvalue weighted by Gasteiger charge is -2.30. The predicted molar refractivity (Wildman–Crippen MR) is 78.6 cm³/mol. The highest BCUT2D eigenvalue weighted by Crippen LogP contribution is 2.15. The van der Waals surface area contributed by atoms with Gasteiger partial charge in [-0.2, -0.15) is 0 Å². The van der Waals surface area contributed by atoms with E-state index in [9.17, 15) is 0 Å². The van der Waals surface area contributed by atoms with Gasteiger partial charge in [0.25, 0.3) is 0 Å². The Morgan fingerprint density at radius 2 is 1.10 bits per heavy atom. The second kappa shape index (κ2) is 7.18. The third-order valence-electron chi connectivity index (χ3n) is 4.11. The Balaban J connectivity index is 1.63. The summed E-state index contributed by atoms with van der Waals surface area (Å²) in [6, 6.07) is 8.84. The number of hydrogen-bond donors (Lipinski definition) is 0. The van der Waals surface area contributed by atoms with Crippen molar-refractivity contribution < 1.29 is 9.47 Å². The largest absolute Gasteiger partial charge is 0.379 e. The topological polar surface area (TPSA) is 24.9 Å². The predicted octanol–water partition coefficient (Wildman–Crippen LogP) is 1.35. The molecule has 0 bridgehead atoms. The average Bonchev–Trinajstić information content (AvgIpc) is 2.51. The monoisotopic (exact) mass is 276 g/mol. The summed E-state index contributed by atoms with van der Waals surface area (Å²) in [6.07, 6.45) is 0. The first kappa shape index (κ1) is 14.0. The number of morpholine rings is 2. The van der Waals surface area contributed by atoms with Crippen LogP contribution in [0.2, 0.25) is 0 Å². The minimum atomic E-state index is 0.867. The van der Waals surface area contributed by atoms with Gasteiger partial charge in [0.1, 0.15) is 0 Å². The maximum atomic E-state index is 5.43. The van der Waals surface area contributed by atoms with E-state index in [1.807, 2.05) is 0 Å². The van der Waals surface area contributed by atoms with Gasteiger partial charge in [-0.3, -0.25) is 9.80 Å². The van der Waals surface area contributed by atoms with E-state index >= 15 is 0 Å². The molecule has 4 nitrogen and oxygen atoms in total. The molecule has 0 aliphatic carbocycles.